The Hall–Kier alpha value is -0.570. The molecule has 1 fully saturated rings. The van der Waals surface area contributed by atoms with Crippen molar-refractivity contribution in [2.45, 2.75) is 32.7 Å². The minimum atomic E-state index is -0.194. The summed E-state index contributed by atoms with van der Waals surface area (Å²) in [6, 6.07) is 3.96. The van der Waals surface area contributed by atoms with Gasteiger partial charge >= 0.3 is 0 Å². The van der Waals surface area contributed by atoms with Gasteiger partial charge in [-0.05, 0) is 59.3 Å². The van der Waals surface area contributed by atoms with E-state index < -0.39 is 0 Å². The van der Waals surface area contributed by atoms with Crippen LogP contribution in [0.4, 0.5) is 10.1 Å². The van der Waals surface area contributed by atoms with Crippen molar-refractivity contribution in [3.63, 3.8) is 0 Å². The summed E-state index contributed by atoms with van der Waals surface area (Å²) >= 11 is 3.21. The van der Waals surface area contributed by atoms with Crippen LogP contribution in [0.25, 0.3) is 0 Å². The topological polar surface area (TPSA) is 12.0 Å². The van der Waals surface area contributed by atoms with Crippen LogP contribution in [-0.2, 0) is 0 Å². The Balaban J connectivity index is 2.11. The lowest BCUT2D eigenvalue weighted by molar-refractivity contribution is 0.309. The molecule has 0 radical (unpaired) electrons. The van der Waals surface area contributed by atoms with Crippen LogP contribution in [0.5, 0.6) is 0 Å². The maximum atomic E-state index is 13.2. The van der Waals surface area contributed by atoms with Gasteiger partial charge in [0.05, 0.1) is 4.47 Å². The smallest absolute Gasteiger partial charge is 0.137 e. The van der Waals surface area contributed by atoms with E-state index in [0.29, 0.717) is 10.5 Å². The molecule has 0 unspecified atom stereocenters. The Kier molecular flexibility index (Phi) is 3.01. The Bertz CT molecular complexity index is 372. The predicted molar refractivity (Wildman–Crippen MR) is 64.6 cm³/mol. The molecule has 1 aliphatic rings. The summed E-state index contributed by atoms with van der Waals surface area (Å²) in [6.45, 7) is 4.19. The van der Waals surface area contributed by atoms with Gasteiger partial charge in [0.25, 0.3) is 0 Å². The monoisotopic (exact) mass is 271 g/mol. The van der Waals surface area contributed by atoms with Crippen LogP contribution < -0.4 is 5.32 Å². The fourth-order valence-electron chi connectivity index (χ4n) is 2.04. The van der Waals surface area contributed by atoms with E-state index in [-0.39, 0.29) is 5.82 Å². The Labute approximate surface area is 98.2 Å². The molecule has 82 valence electrons. The van der Waals surface area contributed by atoms with Gasteiger partial charge in [-0.3, -0.25) is 0 Å². The number of rotatable bonds is 2. The summed E-state index contributed by atoms with van der Waals surface area (Å²) in [6.07, 6.45) is 2.43. The van der Waals surface area contributed by atoms with Gasteiger partial charge in [0.1, 0.15) is 5.82 Å². The standard InChI is InChI=1S/C12H15BrFN/c1-7-3-9(4-7)15-12-6-10(13)11(14)5-8(12)2/h5-7,9,15H,3-4H2,1-2H3. The molecule has 0 heterocycles. The SMILES string of the molecule is Cc1cc(F)c(Br)cc1NC1CC(C)C1. The first-order valence-electron chi connectivity index (χ1n) is 5.28. The molecule has 1 aromatic rings. The van der Waals surface area contributed by atoms with Gasteiger partial charge in [0, 0.05) is 11.7 Å². The third-order valence-electron chi connectivity index (χ3n) is 3.00. The van der Waals surface area contributed by atoms with Crippen LogP contribution in [0.2, 0.25) is 0 Å². The van der Waals surface area contributed by atoms with E-state index in [1.54, 1.807) is 6.07 Å². The predicted octanol–water partition coefficient (Wildman–Crippen LogP) is 4.11. The van der Waals surface area contributed by atoms with Crippen LogP contribution in [0.3, 0.4) is 0 Å². The van der Waals surface area contributed by atoms with Crippen LogP contribution in [0.15, 0.2) is 16.6 Å². The van der Waals surface area contributed by atoms with E-state index in [1.165, 1.54) is 12.8 Å². The molecule has 0 saturated heterocycles. The molecule has 3 heteroatoms. The number of nitrogens with one attached hydrogen (secondary N) is 1. The first-order chi connectivity index (χ1) is 7.06. The number of anilines is 1. The zero-order valence-corrected chi connectivity index (χ0v) is 10.6. The first-order valence-corrected chi connectivity index (χ1v) is 6.07. The second kappa shape index (κ2) is 4.12. The zero-order valence-electron chi connectivity index (χ0n) is 8.98. The number of halogens is 2. The van der Waals surface area contributed by atoms with Gasteiger partial charge in [0.2, 0.25) is 0 Å². The van der Waals surface area contributed by atoms with E-state index in [1.807, 2.05) is 13.0 Å². The van der Waals surface area contributed by atoms with Gasteiger partial charge in [-0.25, -0.2) is 4.39 Å². The second-order valence-electron chi connectivity index (χ2n) is 4.50. The summed E-state index contributed by atoms with van der Waals surface area (Å²) in [4.78, 5) is 0. The number of hydrogen-bond donors (Lipinski definition) is 1. The van der Waals surface area contributed by atoms with Gasteiger partial charge in [0.15, 0.2) is 0 Å². The number of aryl methyl sites for hydroxylation is 1. The molecule has 15 heavy (non-hydrogen) atoms. The largest absolute Gasteiger partial charge is 0.382 e. The quantitative estimate of drug-likeness (QED) is 0.854. The lowest BCUT2D eigenvalue weighted by atomic mass is 9.81. The summed E-state index contributed by atoms with van der Waals surface area (Å²) in [5.41, 5.74) is 2.01. The highest BCUT2D eigenvalue weighted by Gasteiger charge is 2.25. The van der Waals surface area contributed by atoms with E-state index in [9.17, 15) is 4.39 Å². The van der Waals surface area contributed by atoms with Crippen LogP contribution >= 0.6 is 15.9 Å². The van der Waals surface area contributed by atoms with Crippen molar-refractivity contribution in [3.8, 4) is 0 Å². The van der Waals surface area contributed by atoms with Crippen molar-refractivity contribution in [2.24, 2.45) is 5.92 Å². The van der Waals surface area contributed by atoms with Gasteiger partial charge in [-0.2, -0.15) is 0 Å². The van der Waals surface area contributed by atoms with E-state index >= 15 is 0 Å². The molecule has 1 nitrogen and oxygen atoms in total. The summed E-state index contributed by atoms with van der Waals surface area (Å²) in [5.74, 6) is 0.631. The fraction of sp³-hybridized carbons (Fsp3) is 0.500. The second-order valence-corrected chi connectivity index (χ2v) is 5.35. The minimum absolute atomic E-state index is 0.194. The average molecular weight is 272 g/mol. The molecule has 0 atom stereocenters. The average Bonchev–Trinajstić information content (AvgIpc) is 2.11. The summed E-state index contributed by atoms with van der Waals surface area (Å²) in [5, 5.41) is 3.45. The fourth-order valence-corrected chi connectivity index (χ4v) is 2.39. The Morgan fingerprint density at radius 3 is 2.67 bits per heavy atom. The minimum Gasteiger partial charge on any atom is -0.382 e. The van der Waals surface area contributed by atoms with Crippen LogP contribution in [-0.4, -0.2) is 6.04 Å². The summed E-state index contributed by atoms with van der Waals surface area (Å²) < 4.78 is 13.7. The van der Waals surface area contributed by atoms with Crippen molar-refractivity contribution in [1.82, 2.24) is 0 Å². The molecule has 0 spiro atoms. The van der Waals surface area contributed by atoms with E-state index in [4.69, 9.17) is 0 Å². The number of benzene rings is 1. The molecule has 2 rings (SSSR count). The highest BCUT2D eigenvalue weighted by atomic mass is 79.9. The molecule has 0 aliphatic heterocycles. The molecule has 1 N–H and O–H groups in total. The Morgan fingerprint density at radius 2 is 2.07 bits per heavy atom. The molecular formula is C12H15BrFN. The highest BCUT2D eigenvalue weighted by molar-refractivity contribution is 9.10. The lowest BCUT2D eigenvalue weighted by Crippen LogP contribution is -2.33. The zero-order chi connectivity index (χ0) is 11.0. The highest BCUT2D eigenvalue weighted by Crippen LogP contribution is 2.32. The van der Waals surface area contributed by atoms with Crippen LogP contribution in [0.1, 0.15) is 25.3 Å². The maximum absolute atomic E-state index is 13.2. The Morgan fingerprint density at radius 1 is 1.40 bits per heavy atom. The molecule has 0 amide bonds. The molecule has 0 bridgehead atoms. The van der Waals surface area contributed by atoms with Crippen molar-refractivity contribution < 1.29 is 4.39 Å². The summed E-state index contributed by atoms with van der Waals surface area (Å²) in [7, 11) is 0. The van der Waals surface area contributed by atoms with Crippen molar-refractivity contribution >= 4 is 21.6 Å². The third kappa shape index (κ3) is 2.33. The maximum Gasteiger partial charge on any atom is 0.137 e. The first kappa shape index (κ1) is 10.9. The van der Waals surface area contributed by atoms with E-state index in [2.05, 4.69) is 28.2 Å². The molecule has 1 aliphatic carbocycles. The molecule has 1 aromatic carbocycles. The molecule has 0 aromatic heterocycles. The number of hydrogen-bond acceptors (Lipinski definition) is 1. The van der Waals surface area contributed by atoms with Crippen molar-refractivity contribution in [2.75, 3.05) is 5.32 Å². The molecular weight excluding hydrogens is 257 g/mol. The van der Waals surface area contributed by atoms with Gasteiger partial charge in [-0.15, -0.1) is 0 Å². The van der Waals surface area contributed by atoms with E-state index in [0.717, 1.165) is 17.2 Å². The van der Waals surface area contributed by atoms with Crippen molar-refractivity contribution in [3.05, 3.63) is 28.0 Å². The molecule has 1 saturated carbocycles. The lowest BCUT2D eigenvalue weighted by Gasteiger charge is -2.34. The normalized spacial score (nSPS) is 24.8. The van der Waals surface area contributed by atoms with Crippen molar-refractivity contribution in [1.29, 1.82) is 0 Å². The van der Waals surface area contributed by atoms with Gasteiger partial charge < -0.3 is 5.32 Å². The van der Waals surface area contributed by atoms with Crippen LogP contribution in [0, 0.1) is 18.7 Å². The third-order valence-corrected chi connectivity index (χ3v) is 3.61. The van der Waals surface area contributed by atoms with Gasteiger partial charge in [-0.1, -0.05) is 6.92 Å².